The lowest BCUT2D eigenvalue weighted by atomic mass is 10.3. The molecule has 1 aliphatic rings. The van der Waals surface area contributed by atoms with E-state index in [0.717, 1.165) is 36.5 Å². The van der Waals surface area contributed by atoms with Crippen molar-refractivity contribution in [3.05, 3.63) is 10.7 Å². The molecule has 2 heterocycles. The van der Waals surface area contributed by atoms with Crippen LogP contribution in [0.5, 0.6) is 0 Å². The highest BCUT2D eigenvalue weighted by molar-refractivity contribution is 9.10. The smallest absolute Gasteiger partial charge is 0.169 e. The van der Waals surface area contributed by atoms with Crippen LogP contribution in [0.3, 0.4) is 0 Å². The maximum absolute atomic E-state index is 5.76. The Kier molecular flexibility index (Phi) is 2.83. The molecule has 14 heavy (non-hydrogen) atoms. The molecule has 0 aliphatic carbocycles. The predicted molar refractivity (Wildman–Crippen MR) is 59.2 cm³/mol. The van der Waals surface area contributed by atoms with Gasteiger partial charge in [-0.25, -0.2) is 0 Å². The lowest BCUT2D eigenvalue weighted by Crippen LogP contribution is -2.43. The number of nitrogen functional groups attached to an aromatic ring is 1. The minimum absolute atomic E-state index is 0.495. The molecule has 76 valence electrons. The number of nitrogens with two attached hydrogens (primary N) is 1. The van der Waals surface area contributed by atoms with Gasteiger partial charge in [-0.15, -0.1) is 10.2 Å². The minimum atomic E-state index is 0.495. The first-order chi connectivity index (χ1) is 6.77. The Morgan fingerprint density at radius 1 is 1.36 bits per heavy atom. The van der Waals surface area contributed by atoms with Crippen LogP contribution in [0.2, 0.25) is 0 Å². The van der Waals surface area contributed by atoms with Gasteiger partial charge in [0.25, 0.3) is 0 Å². The molecule has 1 aromatic heterocycles. The van der Waals surface area contributed by atoms with Crippen molar-refractivity contribution in [2.45, 2.75) is 0 Å². The number of rotatable bonds is 1. The lowest BCUT2D eigenvalue weighted by molar-refractivity contribution is 0.588. The van der Waals surface area contributed by atoms with E-state index in [1.54, 1.807) is 0 Å². The predicted octanol–water partition coefficient (Wildman–Crippen LogP) is 0.231. The van der Waals surface area contributed by atoms with Crippen LogP contribution in [-0.2, 0) is 0 Å². The zero-order valence-corrected chi connectivity index (χ0v) is 9.29. The van der Waals surface area contributed by atoms with Crippen molar-refractivity contribution in [1.29, 1.82) is 0 Å². The van der Waals surface area contributed by atoms with Gasteiger partial charge in [0.1, 0.15) is 4.60 Å². The Bertz CT molecular complexity index is 324. The molecule has 0 bridgehead atoms. The molecule has 0 unspecified atom stereocenters. The molecule has 0 radical (unpaired) electrons. The summed E-state index contributed by atoms with van der Waals surface area (Å²) in [6.07, 6.45) is 0. The van der Waals surface area contributed by atoms with Gasteiger partial charge in [-0.2, -0.15) is 0 Å². The average Bonchev–Trinajstić information content (AvgIpc) is 2.23. The van der Waals surface area contributed by atoms with Crippen LogP contribution < -0.4 is 16.0 Å². The number of piperazine rings is 1. The summed E-state index contributed by atoms with van der Waals surface area (Å²) < 4.78 is 0.722. The van der Waals surface area contributed by atoms with E-state index in [-0.39, 0.29) is 0 Å². The highest BCUT2D eigenvalue weighted by Crippen LogP contribution is 2.23. The molecule has 1 fully saturated rings. The van der Waals surface area contributed by atoms with Gasteiger partial charge in [-0.1, -0.05) is 0 Å². The second-order valence-corrected chi connectivity index (χ2v) is 3.99. The van der Waals surface area contributed by atoms with E-state index in [4.69, 9.17) is 5.73 Å². The van der Waals surface area contributed by atoms with Gasteiger partial charge in [0.2, 0.25) is 0 Å². The van der Waals surface area contributed by atoms with Crippen LogP contribution in [0.25, 0.3) is 0 Å². The number of hydrogen-bond acceptors (Lipinski definition) is 5. The fraction of sp³-hybridized carbons (Fsp3) is 0.500. The summed E-state index contributed by atoms with van der Waals surface area (Å²) in [7, 11) is 0. The van der Waals surface area contributed by atoms with E-state index >= 15 is 0 Å². The molecule has 0 saturated carbocycles. The summed E-state index contributed by atoms with van der Waals surface area (Å²) in [6.45, 7) is 3.89. The van der Waals surface area contributed by atoms with Gasteiger partial charge in [-0.3, -0.25) is 0 Å². The van der Waals surface area contributed by atoms with Crippen LogP contribution in [0, 0.1) is 0 Å². The van der Waals surface area contributed by atoms with Crippen LogP contribution in [0.1, 0.15) is 0 Å². The molecule has 0 amide bonds. The monoisotopic (exact) mass is 257 g/mol. The van der Waals surface area contributed by atoms with E-state index in [1.165, 1.54) is 0 Å². The van der Waals surface area contributed by atoms with Crippen LogP contribution >= 0.6 is 15.9 Å². The number of nitrogens with zero attached hydrogens (tertiary/aromatic N) is 3. The molecule has 0 aromatic carbocycles. The summed E-state index contributed by atoms with van der Waals surface area (Å²) in [5, 5.41) is 11.0. The van der Waals surface area contributed by atoms with Crippen LogP contribution in [0.4, 0.5) is 11.5 Å². The van der Waals surface area contributed by atoms with E-state index in [9.17, 15) is 0 Å². The van der Waals surface area contributed by atoms with Gasteiger partial charge >= 0.3 is 0 Å². The summed E-state index contributed by atoms with van der Waals surface area (Å²) >= 11 is 3.29. The Labute approximate surface area is 90.8 Å². The molecule has 5 nitrogen and oxygen atoms in total. The normalized spacial score (nSPS) is 17.1. The van der Waals surface area contributed by atoms with Crippen molar-refractivity contribution in [3.8, 4) is 0 Å². The fourth-order valence-corrected chi connectivity index (χ4v) is 1.82. The molecule has 0 atom stereocenters. The van der Waals surface area contributed by atoms with E-state index in [0.29, 0.717) is 5.82 Å². The molecule has 6 heteroatoms. The summed E-state index contributed by atoms with van der Waals surface area (Å²) in [4.78, 5) is 2.21. The Hall–Kier alpha value is -0.880. The number of hydrogen-bond donors (Lipinski definition) is 2. The van der Waals surface area contributed by atoms with Gasteiger partial charge < -0.3 is 16.0 Å². The third-order valence-corrected chi connectivity index (χ3v) is 2.62. The maximum Gasteiger partial charge on any atom is 0.169 e. The van der Waals surface area contributed by atoms with Crippen molar-refractivity contribution in [2.24, 2.45) is 0 Å². The number of anilines is 2. The standard InChI is InChI=1S/C8H12BrN5/c9-7-5-6(8(10)13-12-7)14-3-1-11-2-4-14/h5,11H,1-4H2,(H2,10,13). The topological polar surface area (TPSA) is 67.1 Å². The van der Waals surface area contributed by atoms with Gasteiger partial charge in [0.15, 0.2) is 5.82 Å². The molecular weight excluding hydrogens is 246 g/mol. The Morgan fingerprint density at radius 2 is 2.07 bits per heavy atom. The molecule has 1 aromatic rings. The number of halogens is 1. The first-order valence-corrected chi connectivity index (χ1v) is 5.31. The zero-order valence-electron chi connectivity index (χ0n) is 7.70. The molecular formula is C8H12BrN5. The van der Waals surface area contributed by atoms with Crippen molar-refractivity contribution in [1.82, 2.24) is 15.5 Å². The van der Waals surface area contributed by atoms with Crippen molar-refractivity contribution in [3.63, 3.8) is 0 Å². The summed E-state index contributed by atoms with van der Waals surface area (Å²) in [5.74, 6) is 0.495. The fourth-order valence-electron chi connectivity index (χ4n) is 1.53. The van der Waals surface area contributed by atoms with Crippen molar-refractivity contribution in [2.75, 3.05) is 36.8 Å². The lowest BCUT2D eigenvalue weighted by Gasteiger charge is -2.29. The average molecular weight is 258 g/mol. The second-order valence-electron chi connectivity index (χ2n) is 3.17. The van der Waals surface area contributed by atoms with Gasteiger partial charge in [0.05, 0.1) is 5.69 Å². The first-order valence-electron chi connectivity index (χ1n) is 4.52. The zero-order chi connectivity index (χ0) is 9.97. The highest BCUT2D eigenvalue weighted by Gasteiger charge is 2.14. The van der Waals surface area contributed by atoms with Crippen molar-refractivity contribution >= 4 is 27.4 Å². The number of aromatic nitrogens is 2. The minimum Gasteiger partial charge on any atom is -0.380 e. The van der Waals surface area contributed by atoms with E-state index in [1.807, 2.05) is 6.07 Å². The largest absolute Gasteiger partial charge is 0.380 e. The molecule has 3 N–H and O–H groups in total. The van der Waals surface area contributed by atoms with Gasteiger partial charge in [0, 0.05) is 26.2 Å². The molecule has 2 rings (SSSR count). The SMILES string of the molecule is Nc1nnc(Br)cc1N1CCNCC1. The highest BCUT2D eigenvalue weighted by atomic mass is 79.9. The van der Waals surface area contributed by atoms with E-state index < -0.39 is 0 Å². The third-order valence-electron chi connectivity index (χ3n) is 2.23. The summed E-state index contributed by atoms with van der Waals surface area (Å²) in [5.41, 5.74) is 6.73. The Morgan fingerprint density at radius 3 is 2.79 bits per heavy atom. The maximum atomic E-state index is 5.76. The second kappa shape index (κ2) is 4.10. The van der Waals surface area contributed by atoms with E-state index in [2.05, 4.69) is 36.3 Å². The molecule has 0 spiro atoms. The molecule has 1 saturated heterocycles. The van der Waals surface area contributed by atoms with Crippen LogP contribution in [0.15, 0.2) is 10.7 Å². The Balaban J connectivity index is 2.24. The quantitative estimate of drug-likeness (QED) is 0.754. The first kappa shape index (κ1) is 9.67. The van der Waals surface area contributed by atoms with Crippen molar-refractivity contribution < 1.29 is 0 Å². The number of nitrogens with one attached hydrogen (secondary N) is 1. The summed E-state index contributed by atoms with van der Waals surface area (Å²) in [6, 6.07) is 1.91. The molecule has 1 aliphatic heterocycles. The third kappa shape index (κ3) is 1.96. The van der Waals surface area contributed by atoms with Gasteiger partial charge in [-0.05, 0) is 22.0 Å². The van der Waals surface area contributed by atoms with Crippen LogP contribution in [-0.4, -0.2) is 36.4 Å².